The lowest BCUT2D eigenvalue weighted by atomic mass is 10.1. The van der Waals surface area contributed by atoms with Crippen LogP contribution >= 0.6 is 0 Å². The maximum atomic E-state index is 12.8. The number of aryl methyl sites for hydroxylation is 1. The molecule has 1 N–H and O–H groups in total. The second-order valence-electron chi connectivity index (χ2n) is 8.33. The Kier molecular flexibility index (Phi) is 6.79. The lowest BCUT2D eigenvalue weighted by Gasteiger charge is -2.35. The van der Waals surface area contributed by atoms with Crippen LogP contribution in [0.15, 0.2) is 53.3 Å². The van der Waals surface area contributed by atoms with Crippen LogP contribution < -0.4 is 10.9 Å². The zero-order valence-corrected chi connectivity index (χ0v) is 18.7. The Labute approximate surface area is 191 Å². The van der Waals surface area contributed by atoms with E-state index in [9.17, 15) is 14.4 Å². The number of aromatic nitrogens is 3. The summed E-state index contributed by atoms with van der Waals surface area (Å²) < 4.78 is 6.89. The van der Waals surface area contributed by atoms with E-state index >= 15 is 0 Å². The van der Waals surface area contributed by atoms with Gasteiger partial charge in [-0.1, -0.05) is 29.5 Å². The molecule has 1 fully saturated rings. The van der Waals surface area contributed by atoms with Gasteiger partial charge in [0.2, 0.25) is 5.91 Å². The highest BCUT2D eigenvalue weighted by Gasteiger charge is 2.26. The van der Waals surface area contributed by atoms with Crippen LogP contribution in [0, 0.1) is 0 Å². The average molecular weight is 450 g/mol. The molecule has 172 valence electrons. The Balaban J connectivity index is 1.29. The van der Waals surface area contributed by atoms with E-state index in [1.807, 2.05) is 30.9 Å². The van der Waals surface area contributed by atoms with Gasteiger partial charge in [0.1, 0.15) is 5.52 Å². The van der Waals surface area contributed by atoms with Crippen LogP contribution in [0.4, 0.5) is 0 Å². The Hall–Kier alpha value is -3.59. The fourth-order valence-corrected chi connectivity index (χ4v) is 3.96. The molecule has 0 spiro atoms. The fraction of sp³-hybridized carbons (Fsp3) is 0.375. The summed E-state index contributed by atoms with van der Waals surface area (Å²) in [7, 11) is 0. The summed E-state index contributed by atoms with van der Waals surface area (Å²) in [5.41, 5.74) is 1.76. The molecular formula is C24H27N5O4. The molecule has 2 atom stereocenters. The topological polar surface area (TPSA) is 106 Å². The van der Waals surface area contributed by atoms with Crippen molar-refractivity contribution in [3.05, 3.63) is 70.0 Å². The number of ether oxygens (including phenoxy) is 1. The van der Waals surface area contributed by atoms with Crippen LogP contribution in [-0.4, -0.2) is 57.0 Å². The predicted molar refractivity (Wildman–Crippen MR) is 123 cm³/mol. The molecule has 2 amide bonds. The molecule has 2 unspecified atom stereocenters. The molecule has 0 radical (unpaired) electrons. The number of carbonyl (C=O) groups is 2. The molecule has 1 aliphatic heterocycles. The highest BCUT2D eigenvalue weighted by Crippen LogP contribution is 2.15. The van der Waals surface area contributed by atoms with Gasteiger partial charge in [0.15, 0.2) is 0 Å². The van der Waals surface area contributed by atoms with E-state index in [0.29, 0.717) is 36.1 Å². The van der Waals surface area contributed by atoms with Crippen molar-refractivity contribution >= 4 is 22.7 Å². The van der Waals surface area contributed by atoms with E-state index in [-0.39, 0.29) is 42.5 Å². The molecule has 1 aliphatic rings. The summed E-state index contributed by atoms with van der Waals surface area (Å²) in [6.07, 6.45) is 0.143. The summed E-state index contributed by atoms with van der Waals surface area (Å²) in [5, 5.41) is 11.2. The Morgan fingerprint density at radius 3 is 2.48 bits per heavy atom. The third-order valence-electron chi connectivity index (χ3n) is 5.58. The van der Waals surface area contributed by atoms with E-state index in [1.54, 1.807) is 36.4 Å². The quantitative estimate of drug-likeness (QED) is 0.615. The van der Waals surface area contributed by atoms with Crippen molar-refractivity contribution in [3.63, 3.8) is 0 Å². The monoisotopic (exact) mass is 449 g/mol. The highest BCUT2D eigenvalue weighted by atomic mass is 16.5. The summed E-state index contributed by atoms with van der Waals surface area (Å²) in [5.74, 6) is -0.220. The Morgan fingerprint density at radius 2 is 1.76 bits per heavy atom. The van der Waals surface area contributed by atoms with E-state index in [2.05, 4.69) is 15.6 Å². The van der Waals surface area contributed by atoms with Gasteiger partial charge in [-0.05, 0) is 43.7 Å². The minimum Gasteiger partial charge on any atom is -0.372 e. The van der Waals surface area contributed by atoms with Crippen LogP contribution in [0.25, 0.3) is 10.9 Å². The van der Waals surface area contributed by atoms with E-state index in [1.165, 1.54) is 4.68 Å². The second kappa shape index (κ2) is 9.91. The smallest absolute Gasteiger partial charge is 0.277 e. The van der Waals surface area contributed by atoms with E-state index < -0.39 is 0 Å². The van der Waals surface area contributed by atoms with E-state index in [4.69, 9.17) is 4.74 Å². The van der Waals surface area contributed by atoms with Crippen LogP contribution in [0.5, 0.6) is 0 Å². The number of nitrogens with one attached hydrogen (secondary N) is 1. The first kappa shape index (κ1) is 22.6. The van der Waals surface area contributed by atoms with Crippen LogP contribution in [-0.2, 0) is 22.6 Å². The SMILES string of the molecule is CC1CN(C(=O)c2ccc(CNC(=O)CCn3nnc4ccccc4c3=O)cc2)CC(C)O1. The molecule has 0 bridgehead atoms. The van der Waals surface area contributed by atoms with Gasteiger partial charge >= 0.3 is 0 Å². The molecule has 9 heteroatoms. The molecular weight excluding hydrogens is 422 g/mol. The molecule has 0 aliphatic carbocycles. The zero-order chi connectivity index (χ0) is 23.4. The van der Waals surface area contributed by atoms with Crippen LogP contribution in [0.3, 0.4) is 0 Å². The van der Waals surface area contributed by atoms with Gasteiger partial charge in [0.25, 0.3) is 11.5 Å². The normalized spacial score (nSPS) is 18.3. The number of rotatable bonds is 6. The second-order valence-corrected chi connectivity index (χ2v) is 8.33. The van der Waals surface area contributed by atoms with Gasteiger partial charge in [0, 0.05) is 31.6 Å². The van der Waals surface area contributed by atoms with Crippen LogP contribution in [0.1, 0.15) is 36.2 Å². The number of nitrogens with zero attached hydrogens (tertiary/aromatic N) is 4. The first-order chi connectivity index (χ1) is 15.9. The molecule has 4 rings (SSSR count). The molecule has 2 aromatic carbocycles. The third-order valence-corrected chi connectivity index (χ3v) is 5.58. The standard InChI is InChI=1S/C24H27N5O4/c1-16-14-28(15-17(2)33-16)23(31)19-9-7-18(8-10-19)13-25-22(30)11-12-29-24(32)20-5-3-4-6-21(20)26-27-29/h3-10,16-17H,11-15H2,1-2H3,(H,25,30). The maximum absolute atomic E-state index is 12.8. The molecule has 0 saturated carbocycles. The summed E-state index contributed by atoms with van der Waals surface area (Å²) in [6.45, 7) is 5.55. The van der Waals surface area contributed by atoms with Gasteiger partial charge in [-0.15, -0.1) is 5.10 Å². The first-order valence-electron chi connectivity index (χ1n) is 11.0. The Morgan fingerprint density at radius 1 is 1.06 bits per heavy atom. The van der Waals surface area contributed by atoms with Gasteiger partial charge in [-0.25, -0.2) is 4.68 Å². The van der Waals surface area contributed by atoms with Crippen molar-refractivity contribution < 1.29 is 14.3 Å². The van der Waals surface area contributed by atoms with Crippen molar-refractivity contribution in [1.82, 2.24) is 25.2 Å². The minimum absolute atomic E-state index is 0.0173. The number of hydrogen-bond acceptors (Lipinski definition) is 6. The first-order valence-corrected chi connectivity index (χ1v) is 11.0. The largest absolute Gasteiger partial charge is 0.372 e. The fourth-order valence-electron chi connectivity index (χ4n) is 3.96. The van der Waals surface area contributed by atoms with Gasteiger partial charge in [-0.3, -0.25) is 14.4 Å². The summed E-state index contributed by atoms with van der Waals surface area (Å²) >= 11 is 0. The van der Waals surface area contributed by atoms with Crippen LogP contribution in [0.2, 0.25) is 0 Å². The number of fused-ring (bicyclic) bond motifs is 1. The van der Waals surface area contributed by atoms with Crippen molar-refractivity contribution in [2.45, 2.75) is 45.6 Å². The van der Waals surface area contributed by atoms with Gasteiger partial charge < -0.3 is 15.0 Å². The molecule has 9 nitrogen and oxygen atoms in total. The van der Waals surface area contributed by atoms with Gasteiger partial charge in [0.05, 0.1) is 24.1 Å². The molecule has 1 aromatic heterocycles. The molecule has 2 heterocycles. The summed E-state index contributed by atoms with van der Waals surface area (Å²) in [4.78, 5) is 39.3. The number of morpholine rings is 1. The highest BCUT2D eigenvalue weighted by molar-refractivity contribution is 5.94. The van der Waals surface area contributed by atoms with Crippen molar-refractivity contribution in [2.75, 3.05) is 13.1 Å². The van der Waals surface area contributed by atoms with E-state index in [0.717, 1.165) is 5.56 Å². The predicted octanol–water partition coefficient (Wildman–Crippen LogP) is 1.75. The molecule has 1 saturated heterocycles. The van der Waals surface area contributed by atoms with Gasteiger partial charge in [-0.2, -0.15) is 0 Å². The summed E-state index contributed by atoms with van der Waals surface area (Å²) in [6, 6.07) is 14.2. The minimum atomic E-state index is -0.266. The zero-order valence-electron chi connectivity index (χ0n) is 18.7. The molecule has 3 aromatic rings. The number of carbonyl (C=O) groups excluding carboxylic acids is 2. The average Bonchev–Trinajstić information content (AvgIpc) is 2.82. The van der Waals surface area contributed by atoms with Crippen molar-refractivity contribution in [2.24, 2.45) is 0 Å². The third kappa shape index (κ3) is 5.43. The lowest BCUT2D eigenvalue weighted by molar-refractivity contribution is -0.121. The molecule has 33 heavy (non-hydrogen) atoms. The Bertz CT molecular complexity index is 1200. The number of benzene rings is 2. The lowest BCUT2D eigenvalue weighted by Crippen LogP contribution is -2.48. The number of amides is 2. The number of hydrogen-bond donors (Lipinski definition) is 1. The van der Waals surface area contributed by atoms with Crippen molar-refractivity contribution in [1.29, 1.82) is 0 Å². The van der Waals surface area contributed by atoms with Crippen molar-refractivity contribution in [3.8, 4) is 0 Å². The maximum Gasteiger partial charge on any atom is 0.277 e.